The maximum atomic E-state index is 9.01. The Labute approximate surface area is 92.6 Å². The van der Waals surface area contributed by atoms with Crippen molar-refractivity contribution in [1.29, 1.82) is 0 Å². The van der Waals surface area contributed by atoms with E-state index in [1.807, 2.05) is 0 Å². The maximum Gasteiger partial charge on any atom is 0.0595 e. The largest absolute Gasteiger partial charge is 0.395 e. The normalized spacial score (nSPS) is 34.8. The number of rotatable bonds is 3. The van der Waals surface area contributed by atoms with Crippen LogP contribution in [0, 0.1) is 5.92 Å². The van der Waals surface area contributed by atoms with Crippen LogP contribution in [0.2, 0.25) is 0 Å². The third-order valence-corrected chi connectivity index (χ3v) is 4.06. The zero-order valence-corrected chi connectivity index (χ0v) is 9.57. The first-order valence-corrected chi connectivity index (χ1v) is 6.41. The van der Waals surface area contributed by atoms with Crippen LogP contribution in [0.5, 0.6) is 0 Å². The van der Waals surface area contributed by atoms with Crippen LogP contribution in [-0.2, 0) is 0 Å². The highest BCUT2D eigenvalue weighted by Crippen LogP contribution is 2.35. The zero-order chi connectivity index (χ0) is 10.7. The van der Waals surface area contributed by atoms with Crippen molar-refractivity contribution in [3.05, 3.63) is 0 Å². The summed E-state index contributed by atoms with van der Waals surface area (Å²) in [5, 5.41) is 9.01. The molecule has 0 aromatic carbocycles. The van der Waals surface area contributed by atoms with E-state index in [-0.39, 0.29) is 12.6 Å². The Bertz CT molecular complexity index is 196. The summed E-state index contributed by atoms with van der Waals surface area (Å²) in [5.74, 6) is 0.915. The smallest absolute Gasteiger partial charge is 0.0595 e. The molecule has 0 aromatic rings. The van der Waals surface area contributed by atoms with Crippen molar-refractivity contribution >= 4 is 0 Å². The van der Waals surface area contributed by atoms with E-state index in [9.17, 15) is 0 Å². The maximum absolute atomic E-state index is 9.01. The van der Waals surface area contributed by atoms with Crippen molar-refractivity contribution in [2.45, 2.75) is 50.6 Å². The zero-order valence-electron chi connectivity index (χ0n) is 9.57. The van der Waals surface area contributed by atoms with Gasteiger partial charge in [0.1, 0.15) is 0 Å². The fourth-order valence-electron chi connectivity index (χ4n) is 3.31. The molecule has 0 spiro atoms. The third-order valence-electron chi connectivity index (χ3n) is 4.06. The van der Waals surface area contributed by atoms with Crippen LogP contribution in [-0.4, -0.2) is 41.8 Å². The molecule has 3 N–H and O–H groups in total. The molecule has 0 aromatic heterocycles. The van der Waals surface area contributed by atoms with Crippen molar-refractivity contribution in [1.82, 2.24) is 4.90 Å². The van der Waals surface area contributed by atoms with Gasteiger partial charge in [-0.15, -0.1) is 0 Å². The van der Waals surface area contributed by atoms with Gasteiger partial charge in [0.15, 0.2) is 0 Å². The van der Waals surface area contributed by atoms with Gasteiger partial charge in [0.05, 0.1) is 6.61 Å². The van der Waals surface area contributed by atoms with Gasteiger partial charge in [0, 0.05) is 18.6 Å². The van der Waals surface area contributed by atoms with E-state index in [0.717, 1.165) is 18.5 Å². The molecule has 88 valence electrons. The van der Waals surface area contributed by atoms with Gasteiger partial charge >= 0.3 is 0 Å². The molecule has 0 amide bonds. The number of aliphatic hydroxyl groups excluding tert-OH is 1. The van der Waals surface area contributed by atoms with Crippen molar-refractivity contribution in [3.63, 3.8) is 0 Å². The highest BCUT2D eigenvalue weighted by molar-refractivity contribution is 4.88. The summed E-state index contributed by atoms with van der Waals surface area (Å²) in [4.78, 5) is 2.54. The van der Waals surface area contributed by atoms with Crippen LogP contribution in [0.25, 0.3) is 0 Å². The van der Waals surface area contributed by atoms with E-state index >= 15 is 0 Å². The standard InChI is InChI=1S/C12H24N2O/c13-11(9-15)8-14-7-3-5-10-4-1-2-6-12(10)14/h10-12,15H,1-9,13H2/t10-,11?,12-/m1/s1. The molecule has 1 aliphatic heterocycles. The fraction of sp³-hybridized carbons (Fsp3) is 1.00. The summed E-state index contributed by atoms with van der Waals surface area (Å²) in [7, 11) is 0. The van der Waals surface area contributed by atoms with Crippen LogP contribution in [0.1, 0.15) is 38.5 Å². The molecule has 2 fully saturated rings. The van der Waals surface area contributed by atoms with Gasteiger partial charge in [0.2, 0.25) is 0 Å². The Morgan fingerprint density at radius 3 is 2.73 bits per heavy atom. The van der Waals surface area contributed by atoms with E-state index in [1.54, 1.807) is 0 Å². The van der Waals surface area contributed by atoms with Gasteiger partial charge in [-0.25, -0.2) is 0 Å². The minimum atomic E-state index is -0.0503. The predicted octanol–water partition coefficient (Wildman–Crippen LogP) is 0.961. The lowest BCUT2D eigenvalue weighted by atomic mass is 9.78. The lowest BCUT2D eigenvalue weighted by molar-refractivity contribution is 0.0506. The van der Waals surface area contributed by atoms with Crippen LogP contribution < -0.4 is 5.73 Å². The van der Waals surface area contributed by atoms with Crippen molar-refractivity contribution in [3.8, 4) is 0 Å². The van der Waals surface area contributed by atoms with Gasteiger partial charge in [-0.2, -0.15) is 0 Å². The number of nitrogens with two attached hydrogens (primary N) is 1. The van der Waals surface area contributed by atoms with Crippen LogP contribution in [0.4, 0.5) is 0 Å². The number of likely N-dealkylation sites (tertiary alicyclic amines) is 1. The SMILES string of the molecule is NC(CO)CN1CCC[C@H]2CCCC[C@H]21. The first kappa shape index (κ1) is 11.4. The predicted molar refractivity (Wildman–Crippen MR) is 61.6 cm³/mol. The van der Waals surface area contributed by atoms with E-state index in [0.29, 0.717) is 0 Å². The number of fused-ring (bicyclic) bond motifs is 1. The van der Waals surface area contributed by atoms with Gasteiger partial charge in [-0.05, 0) is 38.1 Å². The molecule has 3 heteroatoms. The summed E-state index contributed by atoms with van der Waals surface area (Å²) >= 11 is 0. The molecular formula is C12H24N2O. The molecule has 0 radical (unpaired) electrons. The van der Waals surface area contributed by atoms with E-state index in [1.165, 1.54) is 45.1 Å². The fourth-order valence-corrected chi connectivity index (χ4v) is 3.31. The topological polar surface area (TPSA) is 49.5 Å². The second-order valence-corrected chi connectivity index (χ2v) is 5.19. The van der Waals surface area contributed by atoms with Crippen molar-refractivity contribution in [2.75, 3.05) is 19.7 Å². The molecule has 3 atom stereocenters. The second-order valence-electron chi connectivity index (χ2n) is 5.19. The first-order chi connectivity index (χ1) is 7.31. The van der Waals surface area contributed by atoms with Crippen LogP contribution in [0.3, 0.4) is 0 Å². The van der Waals surface area contributed by atoms with Gasteiger partial charge in [-0.1, -0.05) is 12.8 Å². The molecule has 2 rings (SSSR count). The Kier molecular flexibility index (Phi) is 4.00. The quantitative estimate of drug-likeness (QED) is 0.732. The van der Waals surface area contributed by atoms with Crippen LogP contribution in [0.15, 0.2) is 0 Å². The van der Waals surface area contributed by atoms with Gasteiger partial charge in [-0.3, -0.25) is 4.90 Å². The number of nitrogens with zero attached hydrogens (tertiary/aromatic N) is 1. The van der Waals surface area contributed by atoms with E-state index in [4.69, 9.17) is 10.8 Å². The lowest BCUT2D eigenvalue weighted by Crippen LogP contribution is -2.51. The molecule has 0 bridgehead atoms. The molecule has 1 saturated heterocycles. The minimum absolute atomic E-state index is 0.0503. The summed E-state index contributed by atoms with van der Waals surface area (Å²) in [6.45, 7) is 2.19. The molecule has 2 aliphatic rings. The number of hydrogen-bond donors (Lipinski definition) is 2. The minimum Gasteiger partial charge on any atom is -0.395 e. The number of aliphatic hydroxyl groups is 1. The van der Waals surface area contributed by atoms with E-state index in [2.05, 4.69) is 4.90 Å². The Morgan fingerprint density at radius 2 is 1.93 bits per heavy atom. The summed E-state index contributed by atoms with van der Waals surface area (Å²) in [6, 6.07) is 0.718. The highest BCUT2D eigenvalue weighted by Gasteiger charge is 2.33. The van der Waals surface area contributed by atoms with Crippen molar-refractivity contribution in [2.24, 2.45) is 11.7 Å². The highest BCUT2D eigenvalue weighted by atomic mass is 16.3. The molecule has 15 heavy (non-hydrogen) atoms. The first-order valence-electron chi connectivity index (χ1n) is 6.41. The summed E-state index contributed by atoms with van der Waals surface area (Å²) in [5.41, 5.74) is 5.83. The molecule has 1 aliphatic carbocycles. The van der Waals surface area contributed by atoms with Crippen LogP contribution >= 0.6 is 0 Å². The average molecular weight is 212 g/mol. The number of hydrogen-bond acceptors (Lipinski definition) is 3. The van der Waals surface area contributed by atoms with E-state index < -0.39 is 0 Å². The van der Waals surface area contributed by atoms with Crippen molar-refractivity contribution < 1.29 is 5.11 Å². The Balaban J connectivity index is 1.91. The van der Waals surface area contributed by atoms with Gasteiger partial charge in [0.25, 0.3) is 0 Å². The lowest BCUT2D eigenvalue weighted by Gasteiger charge is -2.44. The molecule has 1 unspecified atom stereocenters. The summed E-state index contributed by atoms with van der Waals surface area (Å²) in [6.07, 6.45) is 8.29. The molecule has 1 heterocycles. The second kappa shape index (κ2) is 5.28. The third kappa shape index (κ3) is 2.71. The number of piperidine rings is 1. The molecule has 3 nitrogen and oxygen atoms in total. The monoisotopic (exact) mass is 212 g/mol. The molecular weight excluding hydrogens is 188 g/mol. The summed E-state index contributed by atoms with van der Waals surface area (Å²) < 4.78 is 0. The Hall–Kier alpha value is -0.120. The Morgan fingerprint density at radius 1 is 1.20 bits per heavy atom. The average Bonchev–Trinajstić information content (AvgIpc) is 2.29. The molecule has 1 saturated carbocycles. The van der Waals surface area contributed by atoms with Gasteiger partial charge < -0.3 is 10.8 Å².